The van der Waals surface area contributed by atoms with Crippen molar-refractivity contribution in [3.63, 3.8) is 0 Å². The zero-order chi connectivity index (χ0) is 20.4. The summed E-state index contributed by atoms with van der Waals surface area (Å²) in [5.74, 6) is -0.183. The number of benzene rings is 1. The van der Waals surface area contributed by atoms with Crippen LogP contribution in [-0.2, 0) is 17.9 Å². The van der Waals surface area contributed by atoms with Crippen molar-refractivity contribution < 1.29 is 14.1 Å². The molecule has 0 radical (unpaired) electrons. The van der Waals surface area contributed by atoms with Gasteiger partial charge in [-0.2, -0.15) is 0 Å². The number of hydrogen-bond donors (Lipinski definition) is 1. The number of fused-ring (bicyclic) bond motifs is 2. The van der Waals surface area contributed by atoms with E-state index in [-0.39, 0.29) is 36.7 Å². The third kappa shape index (κ3) is 3.70. The van der Waals surface area contributed by atoms with Crippen LogP contribution in [0.25, 0.3) is 16.7 Å². The number of aromatic nitrogens is 4. The van der Waals surface area contributed by atoms with Crippen molar-refractivity contribution in [1.29, 1.82) is 0 Å². The summed E-state index contributed by atoms with van der Waals surface area (Å²) in [6, 6.07) is 9.51. The number of pyridine rings is 1. The lowest BCUT2D eigenvalue weighted by Crippen LogP contribution is -2.24. The Labute approximate surface area is 162 Å². The van der Waals surface area contributed by atoms with Crippen molar-refractivity contribution in [2.24, 2.45) is 0 Å². The minimum Gasteiger partial charge on any atom is -0.407 e. The fourth-order valence-electron chi connectivity index (χ4n) is 3.06. The number of carbonyl (C=O) groups is 1. The van der Waals surface area contributed by atoms with Gasteiger partial charge < -0.3 is 9.73 Å². The minimum absolute atomic E-state index is 0.146. The Morgan fingerprint density at radius 2 is 2.10 bits per heavy atom. The van der Waals surface area contributed by atoms with Gasteiger partial charge in [-0.3, -0.25) is 23.9 Å². The molecule has 0 unspecified atom stereocenters. The van der Waals surface area contributed by atoms with E-state index in [1.807, 2.05) is 24.4 Å². The summed E-state index contributed by atoms with van der Waals surface area (Å²) in [5, 5.41) is 21.7. The molecular formula is C18H16N6O5. The smallest absolute Gasteiger partial charge is 0.407 e. The van der Waals surface area contributed by atoms with Crippen LogP contribution in [0.4, 0.5) is 5.69 Å². The Bertz CT molecular complexity index is 1270. The van der Waals surface area contributed by atoms with Crippen molar-refractivity contribution in [2.75, 3.05) is 0 Å². The largest absolute Gasteiger partial charge is 0.419 e. The zero-order valence-electron chi connectivity index (χ0n) is 15.1. The van der Waals surface area contributed by atoms with Crippen LogP contribution >= 0.6 is 0 Å². The van der Waals surface area contributed by atoms with Crippen LogP contribution < -0.4 is 11.1 Å². The molecule has 0 aliphatic heterocycles. The SMILES string of the molecule is O=C(CCCn1c(=O)oc2cc([N+](=O)[O-])ccc21)NCc1nnc2ccccn12. The van der Waals surface area contributed by atoms with Crippen molar-refractivity contribution >= 4 is 28.3 Å². The lowest BCUT2D eigenvalue weighted by atomic mass is 10.2. The highest BCUT2D eigenvalue weighted by Gasteiger charge is 2.14. The summed E-state index contributed by atoms with van der Waals surface area (Å²) in [5.41, 5.74) is 1.14. The average molecular weight is 396 g/mol. The van der Waals surface area contributed by atoms with Gasteiger partial charge in [0.1, 0.15) is 0 Å². The fraction of sp³-hybridized carbons (Fsp3) is 0.222. The van der Waals surface area contributed by atoms with E-state index < -0.39 is 10.7 Å². The number of nitrogens with one attached hydrogen (secondary N) is 1. The second-order valence-corrected chi connectivity index (χ2v) is 6.35. The first-order valence-electron chi connectivity index (χ1n) is 8.86. The Balaban J connectivity index is 1.35. The van der Waals surface area contributed by atoms with Crippen molar-refractivity contribution in [3.05, 3.63) is 69.1 Å². The van der Waals surface area contributed by atoms with E-state index in [2.05, 4.69) is 15.5 Å². The van der Waals surface area contributed by atoms with Crippen LogP contribution in [-0.4, -0.2) is 30.0 Å². The first-order valence-corrected chi connectivity index (χ1v) is 8.86. The first kappa shape index (κ1) is 18.3. The van der Waals surface area contributed by atoms with Gasteiger partial charge in [0.2, 0.25) is 5.91 Å². The molecule has 0 saturated carbocycles. The number of non-ortho nitro benzene ring substituents is 1. The van der Waals surface area contributed by atoms with E-state index >= 15 is 0 Å². The minimum atomic E-state index is -0.615. The third-order valence-electron chi connectivity index (χ3n) is 4.48. The predicted octanol–water partition coefficient (Wildman–Crippen LogP) is 1.64. The maximum Gasteiger partial charge on any atom is 0.419 e. The topological polar surface area (TPSA) is 138 Å². The molecule has 1 amide bonds. The second kappa shape index (κ2) is 7.54. The summed E-state index contributed by atoms with van der Waals surface area (Å²) >= 11 is 0. The van der Waals surface area contributed by atoms with E-state index in [4.69, 9.17) is 4.42 Å². The molecule has 0 atom stereocenters. The zero-order valence-corrected chi connectivity index (χ0v) is 15.1. The maximum atomic E-state index is 12.1. The number of rotatable bonds is 7. The Kier molecular flexibility index (Phi) is 4.77. The molecule has 1 N–H and O–H groups in total. The first-order chi connectivity index (χ1) is 14.0. The number of nitro groups is 1. The number of nitrogens with zero attached hydrogens (tertiary/aromatic N) is 5. The number of amides is 1. The van der Waals surface area contributed by atoms with Gasteiger partial charge >= 0.3 is 5.76 Å². The average Bonchev–Trinajstić information content (AvgIpc) is 3.26. The van der Waals surface area contributed by atoms with Crippen molar-refractivity contribution in [1.82, 2.24) is 24.5 Å². The van der Waals surface area contributed by atoms with Gasteiger partial charge in [-0.05, 0) is 24.6 Å². The highest BCUT2D eigenvalue weighted by atomic mass is 16.6. The fourth-order valence-corrected chi connectivity index (χ4v) is 3.06. The Morgan fingerprint density at radius 1 is 1.24 bits per heavy atom. The lowest BCUT2D eigenvalue weighted by Gasteiger charge is -2.05. The summed E-state index contributed by atoms with van der Waals surface area (Å²) in [7, 11) is 0. The summed E-state index contributed by atoms with van der Waals surface area (Å²) in [6.07, 6.45) is 2.42. The monoisotopic (exact) mass is 396 g/mol. The molecule has 3 aromatic heterocycles. The molecule has 0 spiro atoms. The van der Waals surface area contributed by atoms with Crippen LogP contribution in [0.3, 0.4) is 0 Å². The van der Waals surface area contributed by atoms with E-state index in [1.165, 1.54) is 22.8 Å². The van der Waals surface area contributed by atoms with Gasteiger partial charge in [0.25, 0.3) is 5.69 Å². The van der Waals surface area contributed by atoms with Gasteiger partial charge in [0.05, 0.1) is 23.1 Å². The predicted molar refractivity (Wildman–Crippen MR) is 101 cm³/mol. The Hall–Kier alpha value is -4.02. The van der Waals surface area contributed by atoms with Crippen LogP contribution in [0.15, 0.2) is 51.8 Å². The molecule has 0 aliphatic rings. The molecule has 3 heterocycles. The highest BCUT2D eigenvalue weighted by Crippen LogP contribution is 2.20. The number of carbonyl (C=O) groups excluding carboxylic acids is 1. The molecule has 11 nitrogen and oxygen atoms in total. The standard InChI is InChI=1S/C18H16N6O5/c25-17(19-11-16-21-20-15-4-1-2-8-23(15)16)5-3-9-22-13-7-6-12(24(27)28)10-14(13)29-18(22)26/h1-2,4,6-8,10H,3,5,9,11H2,(H,19,25). The van der Waals surface area contributed by atoms with Crippen LogP contribution in [0.1, 0.15) is 18.7 Å². The van der Waals surface area contributed by atoms with E-state index in [0.29, 0.717) is 23.4 Å². The normalized spacial score (nSPS) is 11.2. The molecule has 4 aromatic rings. The van der Waals surface area contributed by atoms with Gasteiger partial charge in [-0.15, -0.1) is 10.2 Å². The van der Waals surface area contributed by atoms with Crippen molar-refractivity contribution in [2.45, 2.75) is 25.9 Å². The molecule has 4 rings (SSSR count). The molecule has 0 saturated heterocycles. The molecule has 0 bridgehead atoms. The second-order valence-electron chi connectivity index (χ2n) is 6.35. The van der Waals surface area contributed by atoms with Gasteiger partial charge in [0, 0.05) is 25.2 Å². The Morgan fingerprint density at radius 3 is 2.93 bits per heavy atom. The van der Waals surface area contributed by atoms with Gasteiger partial charge in [-0.25, -0.2) is 4.79 Å². The molecule has 1 aromatic carbocycles. The number of hydrogen-bond acceptors (Lipinski definition) is 7. The summed E-state index contributed by atoms with van der Waals surface area (Å²) in [6.45, 7) is 0.493. The molecule has 0 aliphatic carbocycles. The van der Waals surface area contributed by atoms with E-state index in [1.54, 1.807) is 4.40 Å². The highest BCUT2D eigenvalue weighted by molar-refractivity contribution is 5.76. The maximum absolute atomic E-state index is 12.1. The van der Waals surface area contributed by atoms with Crippen LogP contribution in [0.5, 0.6) is 0 Å². The molecular weight excluding hydrogens is 380 g/mol. The molecule has 0 fully saturated rings. The van der Waals surface area contributed by atoms with Gasteiger partial charge in [0.15, 0.2) is 17.1 Å². The van der Waals surface area contributed by atoms with Crippen LogP contribution in [0.2, 0.25) is 0 Å². The summed E-state index contributed by atoms with van der Waals surface area (Å²) in [4.78, 5) is 34.4. The quantitative estimate of drug-likeness (QED) is 0.370. The van der Waals surface area contributed by atoms with Crippen LogP contribution in [0, 0.1) is 10.1 Å². The molecule has 148 valence electrons. The number of aryl methyl sites for hydroxylation is 1. The number of oxazole rings is 1. The molecule has 11 heteroatoms. The molecule has 29 heavy (non-hydrogen) atoms. The van der Waals surface area contributed by atoms with Crippen molar-refractivity contribution in [3.8, 4) is 0 Å². The third-order valence-corrected chi connectivity index (χ3v) is 4.48. The number of nitro benzene ring substituents is 1. The lowest BCUT2D eigenvalue weighted by molar-refractivity contribution is -0.384. The van der Waals surface area contributed by atoms with Gasteiger partial charge in [-0.1, -0.05) is 6.07 Å². The van der Waals surface area contributed by atoms with E-state index in [9.17, 15) is 19.7 Å². The summed E-state index contributed by atoms with van der Waals surface area (Å²) < 4.78 is 8.22. The van der Waals surface area contributed by atoms with E-state index in [0.717, 1.165) is 0 Å².